The van der Waals surface area contributed by atoms with Crippen LogP contribution >= 0.6 is 0 Å². The lowest BCUT2D eigenvalue weighted by Gasteiger charge is -2.37. The van der Waals surface area contributed by atoms with Crippen molar-refractivity contribution in [2.75, 3.05) is 64.5 Å². The van der Waals surface area contributed by atoms with Crippen molar-refractivity contribution < 1.29 is 22.7 Å². The van der Waals surface area contributed by atoms with Gasteiger partial charge >= 0.3 is 0 Å². The second-order valence-electron chi connectivity index (χ2n) is 8.33. The molecular weight excluding hydrogens is 442 g/mol. The van der Waals surface area contributed by atoms with Gasteiger partial charge in [-0.1, -0.05) is 24.3 Å². The molecule has 2 aromatic carbocycles. The molecule has 2 aliphatic heterocycles. The second-order valence-corrected chi connectivity index (χ2v) is 10.2. The van der Waals surface area contributed by atoms with E-state index >= 15 is 0 Å². The largest absolute Gasteiger partial charge is 0.495 e. The zero-order chi connectivity index (χ0) is 23.4. The number of carbonyl (C=O) groups is 1. The third-order valence-corrected chi connectivity index (χ3v) is 8.18. The van der Waals surface area contributed by atoms with Gasteiger partial charge in [0.25, 0.3) is 0 Å². The predicted octanol–water partition coefficient (Wildman–Crippen LogP) is 1.92. The van der Waals surface area contributed by atoms with Gasteiger partial charge in [0, 0.05) is 45.0 Å². The quantitative estimate of drug-likeness (QED) is 0.638. The number of rotatable bonds is 6. The Morgan fingerprint density at radius 3 is 2.36 bits per heavy atom. The van der Waals surface area contributed by atoms with E-state index in [1.807, 2.05) is 17.0 Å². The number of piperazine rings is 1. The summed E-state index contributed by atoms with van der Waals surface area (Å²) >= 11 is 0. The summed E-state index contributed by atoms with van der Waals surface area (Å²) in [5.74, 6) is 0.281. The molecule has 9 heteroatoms. The van der Waals surface area contributed by atoms with Crippen molar-refractivity contribution in [3.8, 4) is 5.75 Å². The molecule has 1 amide bonds. The van der Waals surface area contributed by atoms with E-state index in [2.05, 4.69) is 24.0 Å². The fourth-order valence-electron chi connectivity index (χ4n) is 4.36. The molecule has 2 fully saturated rings. The van der Waals surface area contributed by atoms with Crippen molar-refractivity contribution in [2.24, 2.45) is 0 Å². The molecule has 178 valence electrons. The lowest BCUT2D eigenvalue weighted by Crippen LogP contribution is -2.49. The van der Waals surface area contributed by atoms with Gasteiger partial charge in [0.1, 0.15) is 10.6 Å². The van der Waals surface area contributed by atoms with Gasteiger partial charge in [-0.3, -0.25) is 4.79 Å². The number of methoxy groups -OCH3 is 1. The number of sulfonamides is 1. The summed E-state index contributed by atoms with van der Waals surface area (Å²) in [6.07, 6.45) is 0.153. The molecule has 2 heterocycles. The van der Waals surface area contributed by atoms with E-state index < -0.39 is 10.0 Å². The van der Waals surface area contributed by atoms with Crippen LogP contribution in [0.2, 0.25) is 0 Å². The topological polar surface area (TPSA) is 79.4 Å². The van der Waals surface area contributed by atoms with Crippen molar-refractivity contribution in [1.82, 2.24) is 9.21 Å². The molecule has 0 N–H and O–H groups in total. The van der Waals surface area contributed by atoms with Gasteiger partial charge in [-0.2, -0.15) is 4.31 Å². The monoisotopic (exact) mass is 473 g/mol. The Labute approximate surface area is 195 Å². The van der Waals surface area contributed by atoms with Crippen molar-refractivity contribution in [3.63, 3.8) is 0 Å². The number of hydrogen-bond donors (Lipinski definition) is 0. The highest BCUT2D eigenvalue weighted by Crippen LogP contribution is 2.29. The summed E-state index contributed by atoms with van der Waals surface area (Å²) in [6, 6.07) is 13.2. The van der Waals surface area contributed by atoms with E-state index in [1.54, 1.807) is 18.2 Å². The number of amides is 1. The number of aryl methyl sites for hydroxylation is 1. The molecule has 0 aliphatic carbocycles. The fraction of sp³-hybridized carbons (Fsp3) is 0.458. The Balaban J connectivity index is 1.44. The molecule has 0 aromatic heterocycles. The van der Waals surface area contributed by atoms with Gasteiger partial charge in [0.15, 0.2) is 0 Å². The fourth-order valence-corrected chi connectivity index (χ4v) is 5.97. The summed E-state index contributed by atoms with van der Waals surface area (Å²) in [4.78, 5) is 17.3. The van der Waals surface area contributed by atoms with Crippen LogP contribution < -0.4 is 9.64 Å². The molecule has 0 spiro atoms. The first-order valence-corrected chi connectivity index (χ1v) is 12.7. The van der Waals surface area contributed by atoms with Crippen molar-refractivity contribution in [3.05, 3.63) is 53.6 Å². The van der Waals surface area contributed by atoms with Crippen LogP contribution in [0.4, 0.5) is 5.69 Å². The smallest absolute Gasteiger partial charge is 0.246 e. The van der Waals surface area contributed by atoms with Crippen LogP contribution in [0.3, 0.4) is 0 Å². The number of nitrogens with zero attached hydrogens (tertiary/aromatic N) is 3. The molecule has 0 atom stereocenters. The van der Waals surface area contributed by atoms with Gasteiger partial charge < -0.3 is 19.3 Å². The minimum Gasteiger partial charge on any atom is -0.495 e. The Morgan fingerprint density at radius 1 is 1.00 bits per heavy atom. The van der Waals surface area contributed by atoms with Gasteiger partial charge in [-0.15, -0.1) is 0 Å². The van der Waals surface area contributed by atoms with Gasteiger partial charge in [0.2, 0.25) is 15.9 Å². The summed E-state index contributed by atoms with van der Waals surface area (Å²) in [7, 11) is -2.28. The Bertz CT molecular complexity index is 1090. The van der Waals surface area contributed by atoms with Crippen LogP contribution in [0.5, 0.6) is 5.75 Å². The number of hydrogen-bond acceptors (Lipinski definition) is 6. The molecule has 2 saturated heterocycles. The Morgan fingerprint density at radius 2 is 1.70 bits per heavy atom. The lowest BCUT2D eigenvalue weighted by atomic mass is 10.1. The number of anilines is 1. The lowest BCUT2D eigenvalue weighted by molar-refractivity contribution is -0.130. The average Bonchev–Trinajstić information content (AvgIpc) is 2.85. The van der Waals surface area contributed by atoms with Crippen LogP contribution in [-0.2, 0) is 26.0 Å². The maximum Gasteiger partial charge on any atom is 0.246 e. The van der Waals surface area contributed by atoms with Gasteiger partial charge in [-0.25, -0.2) is 8.42 Å². The summed E-state index contributed by atoms with van der Waals surface area (Å²) < 4.78 is 38.4. The molecule has 0 saturated carbocycles. The second kappa shape index (κ2) is 10.1. The maximum absolute atomic E-state index is 13.2. The number of para-hydroxylation sites is 1. The van der Waals surface area contributed by atoms with Crippen LogP contribution in [0.1, 0.15) is 11.1 Å². The highest BCUT2D eigenvalue weighted by molar-refractivity contribution is 7.89. The molecule has 2 aromatic rings. The first kappa shape index (κ1) is 23.5. The minimum atomic E-state index is -3.73. The number of ether oxygens (including phenoxy) is 2. The van der Waals surface area contributed by atoms with E-state index in [9.17, 15) is 13.2 Å². The molecular formula is C24H31N3O5S. The predicted molar refractivity (Wildman–Crippen MR) is 126 cm³/mol. The van der Waals surface area contributed by atoms with Crippen LogP contribution in [0.15, 0.2) is 47.4 Å². The SMILES string of the molecule is COc1ccc(CC(=O)N2CCN(c3ccccc3C)CC2)cc1S(=O)(=O)N1CCOCC1. The van der Waals surface area contributed by atoms with Gasteiger partial charge in [-0.05, 0) is 36.2 Å². The van der Waals surface area contributed by atoms with E-state index in [1.165, 1.54) is 22.7 Å². The van der Waals surface area contributed by atoms with Crippen LogP contribution in [0, 0.1) is 6.92 Å². The number of benzene rings is 2. The van der Waals surface area contributed by atoms with Crippen LogP contribution in [-0.4, -0.2) is 83.1 Å². The highest BCUT2D eigenvalue weighted by Gasteiger charge is 2.30. The Kier molecular flexibility index (Phi) is 7.21. The van der Waals surface area contributed by atoms with Crippen molar-refractivity contribution in [2.45, 2.75) is 18.2 Å². The zero-order valence-electron chi connectivity index (χ0n) is 19.2. The maximum atomic E-state index is 13.2. The average molecular weight is 474 g/mol. The molecule has 0 unspecified atom stereocenters. The third-order valence-electron chi connectivity index (χ3n) is 6.26. The summed E-state index contributed by atoms with van der Waals surface area (Å²) in [5.41, 5.74) is 3.09. The zero-order valence-corrected chi connectivity index (χ0v) is 20.0. The number of carbonyl (C=O) groups excluding carboxylic acids is 1. The van der Waals surface area contributed by atoms with E-state index in [-0.39, 0.29) is 23.0 Å². The molecule has 0 bridgehead atoms. The third kappa shape index (κ3) is 5.15. The number of morpholine rings is 1. The summed E-state index contributed by atoms with van der Waals surface area (Å²) in [5, 5.41) is 0. The standard InChI is InChI=1S/C24H31N3O5S/c1-19-5-3-4-6-21(19)25-9-11-26(12-10-25)24(28)18-20-7-8-22(31-2)23(17-20)33(29,30)27-13-15-32-16-14-27/h3-8,17H,9-16,18H2,1-2H3. The van der Waals surface area contributed by atoms with Crippen molar-refractivity contribution in [1.29, 1.82) is 0 Å². The summed E-state index contributed by atoms with van der Waals surface area (Å²) in [6.45, 7) is 6.28. The molecule has 33 heavy (non-hydrogen) atoms. The first-order valence-electron chi connectivity index (χ1n) is 11.2. The highest BCUT2D eigenvalue weighted by atomic mass is 32.2. The Hall–Kier alpha value is -2.62. The van der Waals surface area contributed by atoms with E-state index in [0.29, 0.717) is 45.0 Å². The molecule has 0 radical (unpaired) electrons. The molecule has 2 aliphatic rings. The van der Waals surface area contributed by atoms with E-state index in [4.69, 9.17) is 9.47 Å². The molecule has 8 nitrogen and oxygen atoms in total. The normalized spacial score (nSPS) is 17.8. The molecule has 4 rings (SSSR count). The van der Waals surface area contributed by atoms with Gasteiger partial charge in [0.05, 0.1) is 26.7 Å². The van der Waals surface area contributed by atoms with Crippen molar-refractivity contribution >= 4 is 21.6 Å². The van der Waals surface area contributed by atoms with Crippen LogP contribution in [0.25, 0.3) is 0 Å². The first-order chi connectivity index (χ1) is 15.9. The van der Waals surface area contributed by atoms with E-state index in [0.717, 1.165) is 13.1 Å². The minimum absolute atomic E-state index is 0.000629.